The van der Waals surface area contributed by atoms with E-state index in [0.29, 0.717) is 12.1 Å². The van der Waals surface area contributed by atoms with Crippen LogP contribution in [0.2, 0.25) is 0 Å². The predicted molar refractivity (Wildman–Crippen MR) is 72.0 cm³/mol. The number of ether oxygens (including phenoxy) is 1. The number of halogens is 3. The van der Waals surface area contributed by atoms with Gasteiger partial charge in [-0.2, -0.15) is 0 Å². The van der Waals surface area contributed by atoms with Crippen LogP contribution in [-0.2, 0) is 0 Å². The van der Waals surface area contributed by atoms with Crippen molar-refractivity contribution in [3.05, 3.63) is 23.8 Å². The summed E-state index contributed by atoms with van der Waals surface area (Å²) in [5.74, 6) is -1.81. The van der Waals surface area contributed by atoms with Crippen molar-refractivity contribution in [2.24, 2.45) is 0 Å². The molecule has 6 heteroatoms. The molecular formula is C14H19F3N2O. The average Bonchev–Trinajstić information content (AvgIpc) is 2.83. The molecule has 0 spiro atoms. The summed E-state index contributed by atoms with van der Waals surface area (Å²) in [5, 5.41) is 3.11. The van der Waals surface area contributed by atoms with Crippen LogP contribution in [-0.4, -0.2) is 44.4 Å². The Morgan fingerprint density at radius 3 is 2.65 bits per heavy atom. The van der Waals surface area contributed by atoms with Crippen LogP contribution in [0.5, 0.6) is 5.75 Å². The van der Waals surface area contributed by atoms with Crippen molar-refractivity contribution in [2.45, 2.75) is 18.9 Å². The summed E-state index contributed by atoms with van der Waals surface area (Å²) < 4.78 is 43.9. The Hall–Kier alpha value is -1.43. The van der Waals surface area contributed by atoms with Gasteiger partial charge < -0.3 is 15.0 Å². The number of hydrogen-bond donors (Lipinski definition) is 1. The van der Waals surface area contributed by atoms with E-state index in [9.17, 15) is 13.2 Å². The van der Waals surface area contributed by atoms with Crippen LogP contribution in [0, 0.1) is 11.6 Å². The molecule has 0 unspecified atom stereocenters. The van der Waals surface area contributed by atoms with Gasteiger partial charge in [0.25, 0.3) is 0 Å². The van der Waals surface area contributed by atoms with E-state index in [-0.39, 0.29) is 18.5 Å². The largest absolute Gasteiger partial charge is 0.491 e. The van der Waals surface area contributed by atoms with Gasteiger partial charge in [-0.15, -0.1) is 0 Å². The SMILES string of the molecule is COc1c(F)cc(N[C@H]2CCN(CCCF)C2)cc1F. The molecule has 2 rings (SSSR count). The number of hydrogen-bond acceptors (Lipinski definition) is 3. The Kier molecular flexibility index (Phi) is 5.11. The fourth-order valence-electron chi connectivity index (χ4n) is 2.51. The summed E-state index contributed by atoms with van der Waals surface area (Å²) in [6, 6.07) is 2.58. The minimum atomic E-state index is -0.720. The standard InChI is InChI=1S/C14H19F3N2O/c1-20-14-12(16)7-11(8-13(14)17)18-10-3-6-19(9-10)5-2-4-15/h7-8,10,18H,2-6,9H2,1H3/t10-/m0/s1. The number of nitrogens with zero attached hydrogens (tertiary/aromatic N) is 1. The minimum absolute atomic E-state index is 0.127. The first kappa shape index (κ1) is 15.0. The molecule has 1 heterocycles. The lowest BCUT2D eigenvalue weighted by atomic mass is 10.2. The summed E-state index contributed by atoms with van der Waals surface area (Å²) in [4.78, 5) is 2.15. The van der Waals surface area contributed by atoms with Gasteiger partial charge in [0, 0.05) is 43.5 Å². The van der Waals surface area contributed by atoms with E-state index in [0.717, 1.165) is 26.1 Å². The van der Waals surface area contributed by atoms with Crippen LogP contribution in [0.1, 0.15) is 12.8 Å². The molecule has 1 atom stereocenters. The number of alkyl halides is 1. The second-order valence-electron chi connectivity index (χ2n) is 4.95. The second-order valence-corrected chi connectivity index (χ2v) is 4.95. The van der Waals surface area contributed by atoms with E-state index < -0.39 is 11.6 Å². The van der Waals surface area contributed by atoms with Crippen LogP contribution in [0.25, 0.3) is 0 Å². The molecule has 0 radical (unpaired) electrons. The molecule has 1 aliphatic rings. The molecule has 3 nitrogen and oxygen atoms in total. The molecule has 1 saturated heterocycles. The van der Waals surface area contributed by atoms with Crippen LogP contribution in [0.15, 0.2) is 12.1 Å². The quantitative estimate of drug-likeness (QED) is 0.871. The summed E-state index contributed by atoms with van der Waals surface area (Å²) in [6.07, 6.45) is 1.40. The highest BCUT2D eigenvalue weighted by Crippen LogP contribution is 2.26. The maximum Gasteiger partial charge on any atom is 0.190 e. The van der Waals surface area contributed by atoms with Gasteiger partial charge in [-0.1, -0.05) is 0 Å². The van der Waals surface area contributed by atoms with Crippen molar-refractivity contribution in [1.82, 2.24) is 4.90 Å². The molecule has 1 fully saturated rings. The highest BCUT2D eigenvalue weighted by atomic mass is 19.1. The third-order valence-corrected chi connectivity index (χ3v) is 3.45. The Morgan fingerprint density at radius 2 is 2.05 bits per heavy atom. The molecule has 1 N–H and O–H groups in total. The zero-order valence-electron chi connectivity index (χ0n) is 11.5. The summed E-state index contributed by atoms with van der Waals surface area (Å²) in [5.41, 5.74) is 0.401. The van der Waals surface area contributed by atoms with Gasteiger partial charge in [-0.25, -0.2) is 8.78 Å². The van der Waals surface area contributed by atoms with E-state index in [1.807, 2.05) is 0 Å². The zero-order valence-corrected chi connectivity index (χ0v) is 11.5. The molecule has 0 amide bonds. The molecule has 0 aromatic heterocycles. The molecule has 1 aromatic rings. The number of rotatable bonds is 6. The van der Waals surface area contributed by atoms with E-state index in [1.54, 1.807) is 0 Å². The third kappa shape index (κ3) is 3.56. The van der Waals surface area contributed by atoms with E-state index in [1.165, 1.54) is 19.2 Å². The second kappa shape index (κ2) is 6.83. The maximum absolute atomic E-state index is 13.6. The van der Waals surface area contributed by atoms with Gasteiger partial charge in [0.2, 0.25) is 0 Å². The summed E-state index contributed by atoms with van der Waals surface area (Å²) in [6.45, 7) is 2.04. The molecule has 0 saturated carbocycles. The van der Waals surface area contributed by atoms with E-state index >= 15 is 0 Å². The zero-order chi connectivity index (χ0) is 14.5. The highest BCUT2D eigenvalue weighted by Gasteiger charge is 2.22. The smallest absolute Gasteiger partial charge is 0.190 e. The normalized spacial score (nSPS) is 19.3. The first-order valence-corrected chi connectivity index (χ1v) is 6.72. The molecule has 0 bridgehead atoms. The van der Waals surface area contributed by atoms with Gasteiger partial charge in [0.1, 0.15) is 0 Å². The topological polar surface area (TPSA) is 24.5 Å². The van der Waals surface area contributed by atoms with Crippen molar-refractivity contribution in [3.8, 4) is 5.75 Å². The third-order valence-electron chi connectivity index (χ3n) is 3.45. The lowest BCUT2D eigenvalue weighted by Crippen LogP contribution is -2.27. The molecule has 0 aliphatic carbocycles. The van der Waals surface area contributed by atoms with Gasteiger partial charge >= 0.3 is 0 Å². The fourth-order valence-corrected chi connectivity index (χ4v) is 2.51. The minimum Gasteiger partial charge on any atom is -0.491 e. The van der Waals surface area contributed by atoms with Crippen molar-refractivity contribution in [2.75, 3.05) is 38.7 Å². The highest BCUT2D eigenvalue weighted by molar-refractivity contribution is 5.49. The number of likely N-dealkylation sites (tertiary alicyclic amines) is 1. The van der Waals surface area contributed by atoms with E-state index in [2.05, 4.69) is 15.0 Å². The number of nitrogens with one attached hydrogen (secondary N) is 1. The van der Waals surface area contributed by atoms with Gasteiger partial charge in [0.05, 0.1) is 13.8 Å². The Balaban J connectivity index is 1.94. The van der Waals surface area contributed by atoms with Crippen molar-refractivity contribution in [1.29, 1.82) is 0 Å². The molecule has 1 aliphatic heterocycles. The van der Waals surface area contributed by atoms with Crippen LogP contribution < -0.4 is 10.1 Å². The molecule has 20 heavy (non-hydrogen) atoms. The van der Waals surface area contributed by atoms with Crippen LogP contribution in [0.4, 0.5) is 18.9 Å². The predicted octanol–water partition coefficient (Wildman–Crippen LogP) is 2.82. The van der Waals surface area contributed by atoms with Gasteiger partial charge in [-0.3, -0.25) is 4.39 Å². The van der Waals surface area contributed by atoms with E-state index in [4.69, 9.17) is 0 Å². The first-order chi connectivity index (χ1) is 9.63. The van der Waals surface area contributed by atoms with Crippen molar-refractivity contribution in [3.63, 3.8) is 0 Å². The Labute approximate surface area is 116 Å². The van der Waals surface area contributed by atoms with Gasteiger partial charge in [0.15, 0.2) is 17.4 Å². The number of anilines is 1. The molecule has 1 aromatic carbocycles. The Morgan fingerprint density at radius 1 is 1.35 bits per heavy atom. The average molecular weight is 288 g/mol. The molecule has 112 valence electrons. The first-order valence-electron chi connectivity index (χ1n) is 6.72. The number of benzene rings is 1. The van der Waals surface area contributed by atoms with Gasteiger partial charge in [-0.05, 0) is 12.8 Å². The fraction of sp³-hybridized carbons (Fsp3) is 0.571. The summed E-state index contributed by atoms with van der Waals surface area (Å²) >= 11 is 0. The van der Waals surface area contributed by atoms with Crippen molar-refractivity contribution < 1.29 is 17.9 Å². The lowest BCUT2D eigenvalue weighted by Gasteiger charge is -2.17. The van der Waals surface area contributed by atoms with Crippen LogP contribution in [0.3, 0.4) is 0 Å². The monoisotopic (exact) mass is 288 g/mol. The summed E-state index contributed by atoms with van der Waals surface area (Å²) in [7, 11) is 1.23. The number of methoxy groups -OCH3 is 1. The van der Waals surface area contributed by atoms with Crippen molar-refractivity contribution >= 4 is 5.69 Å². The lowest BCUT2D eigenvalue weighted by molar-refractivity contribution is 0.310. The Bertz CT molecular complexity index is 433. The van der Waals surface area contributed by atoms with Crippen LogP contribution >= 0.6 is 0 Å². The maximum atomic E-state index is 13.6. The molecular weight excluding hydrogens is 269 g/mol.